The van der Waals surface area contributed by atoms with Crippen LogP contribution in [0, 0.1) is 0 Å². The molecule has 166 valence electrons. The maximum atomic E-state index is 12.7. The predicted octanol–water partition coefficient (Wildman–Crippen LogP) is 3.03. The number of carbonyl (C=O) groups is 2. The highest BCUT2D eigenvalue weighted by atomic mass is 35.5. The van der Waals surface area contributed by atoms with Crippen LogP contribution >= 0.6 is 23.2 Å². The van der Waals surface area contributed by atoms with Crippen molar-refractivity contribution in [1.29, 1.82) is 0 Å². The molecule has 31 heavy (non-hydrogen) atoms. The number of hydrogen-bond donors (Lipinski definition) is 1. The monoisotopic (exact) mass is 483 g/mol. The fourth-order valence-electron chi connectivity index (χ4n) is 3.44. The smallest absolute Gasteiger partial charge is 0.254 e. The summed E-state index contributed by atoms with van der Waals surface area (Å²) in [5.41, 5.74) is 0.614. The first-order chi connectivity index (χ1) is 14.7. The SMILES string of the molecule is CC1CN(C(=O)CCNS(=O)(=O)c2cc(Cl)ccc2Cl)CCN1C(=O)c1ccccc1. The van der Waals surface area contributed by atoms with E-state index in [9.17, 15) is 18.0 Å². The number of sulfonamides is 1. The van der Waals surface area contributed by atoms with Crippen molar-refractivity contribution in [3.8, 4) is 0 Å². The number of piperazine rings is 1. The van der Waals surface area contributed by atoms with Gasteiger partial charge in [-0.05, 0) is 37.3 Å². The molecule has 2 amide bonds. The van der Waals surface area contributed by atoms with Gasteiger partial charge in [0.05, 0.1) is 5.02 Å². The number of nitrogens with one attached hydrogen (secondary N) is 1. The lowest BCUT2D eigenvalue weighted by Crippen LogP contribution is -2.55. The molecule has 1 saturated heterocycles. The number of benzene rings is 2. The number of hydrogen-bond acceptors (Lipinski definition) is 4. The lowest BCUT2D eigenvalue weighted by molar-refractivity contribution is -0.133. The van der Waals surface area contributed by atoms with Crippen LogP contribution in [0.15, 0.2) is 53.4 Å². The standard InChI is InChI=1S/C21H23Cl2N3O4S/c1-15-14-25(11-12-26(15)21(28)16-5-3-2-4-6-16)20(27)9-10-24-31(29,30)19-13-17(22)7-8-18(19)23/h2-8,13,15,24H,9-12,14H2,1H3. The van der Waals surface area contributed by atoms with Crippen molar-refractivity contribution in [2.45, 2.75) is 24.3 Å². The van der Waals surface area contributed by atoms with E-state index in [4.69, 9.17) is 23.2 Å². The van der Waals surface area contributed by atoms with E-state index >= 15 is 0 Å². The number of halogens is 2. The van der Waals surface area contributed by atoms with Crippen molar-refractivity contribution in [2.75, 3.05) is 26.2 Å². The first-order valence-corrected chi connectivity index (χ1v) is 12.0. The van der Waals surface area contributed by atoms with Crippen LogP contribution in [-0.4, -0.2) is 62.3 Å². The van der Waals surface area contributed by atoms with Crippen LogP contribution in [0.4, 0.5) is 0 Å². The molecule has 2 aromatic carbocycles. The Morgan fingerprint density at radius 1 is 1.10 bits per heavy atom. The van der Waals surface area contributed by atoms with Crippen LogP contribution in [0.1, 0.15) is 23.7 Å². The second-order valence-electron chi connectivity index (χ2n) is 7.28. The number of rotatable bonds is 6. The van der Waals surface area contributed by atoms with Gasteiger partial charge >= 0.3 is 0 Å². The highest BCUT2D eigenvalue weighted by Crippen LogP contribution is 2.24. The summed E-state index contributed by atoms with van der Waals surface area (Å²) in [6.07, 6.45) is -0.00321. The van der Waals surface area contributed by atoms with Gasteiger partial charge in [0.1, 0.15) is 4.90 Å². The van der Waals surface area contributed by atoms with Gasteiger partial charge in [-0.15, -0.1) is 0 Å². The third-order valence-electron chi connectivity index (χ3n) is 5.08. The van der Waals surface area contributed by atoms with Crippen molar-refractivity contribution in [3.63, 3.8) is 0 Å². The van der Waals surface area contributed by atoms with Crippen molar-refractivity contribution in [1.82, 2.24) is 14.5 Å². The molecular weight excluding hydrogens is 461 g/mol. The van der Waals surface area contributed by atoms with Gasteiger partial charge in [0.2, 0.25) is 15.9 Å². The Hall–Kier alpha value is -2.13. The van der Waals surface area contributed by atoms with Crippen molar-refractivity contribution in [3.05, 3.63) is 64.1 Å². The molecule has 1 fully saturated rings. The second kappa shape index (κ2) is 9.99. The van der Waals surface area contributed by atoms with Crippen LogP contribution in [0.5, 0.6) is 0 Å². The van der Waals surface area contributed by atoms with E-state index in [1.807, 2.05) is 25.1 Å². The average molecular weight is 484 g/mol. The molecule has 0 aromatic heterocycles. The Morgan fingerprint density at radius 3 is 2.48 bits per heavy atom. The van der Waals surface area contributed by atoms with E-state index in [-0.39, 0.29) is 45.8 Å². The third kappa shape index (κ3) is 5.77. The molecule has 1 N–H and O–H groups in total. The van der Waals surface area contributed by atoms with Gasteiger partial charge in [0.25, 0.3) is 5.91 Å². The lowest BCUT2D eigenvalue weighted by Gasteiger charge is -2.40. The van der Waals surface area contributed by atoms with Crippen LogP contribution < -0.4 is 4.72 Å². The van der Waals surface area contributed by atoms with Crippen molar-refractivity contribution in [2.24, 2.45) is 0 Å². The van der Waals surface area contributed by atoms with Gasteiger partial charge in [0.15, 0.2) is 0 Å². The van der Waals surface area contributed by atoms with E-state index < -0.39 is 10.0 Å². The van der Waals surface area contributed by atoms with Crippen LogP contribution in [0.25, 0.3) is 0 Å². The van der Waals surface area contributed by atoms with Crippen LogP contribution in [0.3, 0.4) is 0 Å². The maximum absolute atomic E-state index is 12.7. The first-order valence-electron chi connectivity index (χ1n) is 9.77. The molecule has 0 saturated carbocycles. The van der Waals surface area contributed by atoms with E-state index in [1.54, 1.807) is 21.9 Å². The molecule has 1 aliphatic rings. The number of amides is 2. The Balaban J connectivity index is 1.53. The highest BCUT2D eigenvalue weighted by Gasteiger charge is 2.30. The lowest BCUT2D eigenvalue weighted by atomic mass is 10.1. The number of carbonyl (C=O) groups excluding carboxylic acids is 2. The Bertz CT molecular complexity index is 1060. The number of nitrogens with zero attached hydrogens (tertiary/aromatic N) is 2. The van der Waals surface area contributed by atoms with E-state index in [0.717, 1.165) is 0 Å². The van der Waals surface area contributed by atoms with E-state index in [1.165, 1.54) is 18.2 Å². The molecule has 0 bridgehead atoms. The van der Waals surface area contributed by atoms with E-state index in [0.29, 0.717) is 25.2 Å². The second-order valence-corrected chi connectivity index (χ2v) is 9.85. The van der Waals surface area contributed by atoms with Gasteiger partial charge in [0, 0.05) is 49.2 Å². The van der Waals surface area contributed by atoms with Gasteiger partial charge in [-0.2, -0.15) is 0 Å². The quantitative estimate of drug-likeness (QED) is 0.683. The summed E-state index contributed by atoms with van der Waals surface area (Å²) < 4.78 is 27.3. The summed E-state index contributed by atoms with van der Waals surface area (Å²) in [7, 11) is -3.89. The molecule has 10 heteroatoms. The van der Waals surface area contributed by atoms with Crippen molar-refractivity contribution >= 4 is 45.0 Å². The zero-order valence-corrected chi connectivity index (χ0v) is 19.3. The van der Waals surface area contributed by atoms with Gasteiger partial charge in [-0.1, -0.05) is 41.4 Å². The molecule has 1 heterocycles. The fraction of sp³-hybridized carbons (Fsp3) is 0.333. The zero-order chi connectivity index (χ0) is 22.6. The topological polar surface area (TPSA) is 86.8 Å². The molecule has 0 radical (unpaired) electrons. The Morgan fingerprint density at radius 2 is 1.81 bits per heavy atom. The Labute approximate surface area is 192 Å². The molecule has 1 atom stereocenters. The van der Waals surface area contributed by atoms with Crippen LogP contribution in [0.2, 0.25) is 10.0 Å². The molecule has 1 unspecified atom stereocenters. The summed E-state index contributed by atoms with van der Waals surface area (Å²) >= 11 is 11.8. The normalized spacial score (nSPS) is 16.9. The molecule has 0 aliphatic carbocycles. The minimum atomic E-state index is -3.89. The van der Waals surface area contributed by atoms with Crippen molar-refractivity contribution < 1.29 is 18.0 Å². The highest BCUT2D eigenvalue weighted by molar-refractivity contribution is 7.89. The van der Waals surface area contributed by atoms with E-state index in [2.05, 4.69) is 4.72 Å². The largest absolute Gasteiger partial charge is 0.339 e. The van der Waals surface area contributed by atoms with Gasteiger partial charge < -0.3 is 9.80 Å². The molecule has 3 rings (SSSR count). The summed E-state index contributed by atoms with van der Waals surface area (Å²) in [6, 6.07) is 13.0. The summed E-state index contributed by atoms with van der Waals surface area (Å²) in [5.74, 6) is -0.245. The molecule has 1 aliphatic heterocycles. The summed E-state index contributed by atoms with van der Waals surface area (Å²) in [4.78, 5) is 28.5. The minimum Gasteiger partial charge on any atom is -0.339 e. The maximum Gasteiger partial charge on any atom is 0.254 e. The molecule has 7 nitrogen and oxygen atoms in total. The zero-order valence-electron chi connectivity index (χ0n) is 16.9. The first kappa shape index (κ1) is 23.5. The van der Waals surface area contributed by atoms with Gasteiger partial charge in [-0.3, -0.25) is 9.59 Å². The summed E-state index contributed by atoms with van der Waals surface area (Å²) in [5, 5.41) is 0.300. The Kier molecular flexibility index (Phi) is 7.59. The van der Waals surface area contributed by atoms with Gasteiger partial charge in [-0.25, -0.2) is 13.1 Å². The van der Waals surface area contributed by atoms with Crippen LogP contribution in [-0.2, 0) is 14.8 Å². The molecule has 2 aromatic rings. The third-order valence-corrected chi connectivity index (χ3v) is 7.25. The molecular formula is C21H23Cl2N3O4S. The summed E-state index contributed by atoms with van der Waals surface area (Å²) in [6.45, 7) is 3.04. The molecule has 0 spiro atoms. The average Bonchev–Trinajstić information content (AvgIpc) is 2.75. The predicted molar refractivity (Wildman–Crippen MR) is 120 cm³/mol. The fourth-order valence-corrected chi connectivity index (χ4v) is 5.24. The minimum absolute atomic E-state index is 0.00321.